The van der Waals surface area contributed by atoms with Gasteiger partial charge in [-0.1, -0.05) is 6.07 Å². The molecule has 1 fully saturated rings. The van der Waals surface area contributed by atoms with Crippen LogP contribution in [0.5, 0.6) is 11.5 Å². The summed E-state index contributed by atoms with van der Waals surface area (Å²) >= 11 is 0. The lowest BCUT2D eigenvalue weighted by Gasteiger charge is -2.13. The van der Waals surface area contributed by atoms with Crippen LogP contribution >= 0.6 is 0 Å². The summed E-state index contributed by atoms with van der Waals surface area (Å²) in [6.45, 7) is -1.46. The van der Waals surface area contributed by atoms with Crippen molar-refractivity contribution in [1.82, 2.24) is 4.72 Å². The van der Waals surface area contributed by atoms with Crippen molar-refractivity contribution in [3.8, 4) is 11.5 Å². The average Bonchev–Trinajstić information content (AvgIpc) is 3.49. The van der Waals surface area contributed by atoms with Crippen molar-refractivity contribution in [3.05, 3.63) is 48.0 Å². The van der Waals surface area contributed by atoms with Gasteiger partial charge in [0.05, 0.1) is 7.11 Å². The number of halogens is 3. The van der Waals surface area contributed by atoms with Crippen molar-refractivity contribution in [2.75, 3.05) is 19.0 Å². The van der Waals surface area contributed by atoms with Gasteiger partial charge < -0.3 is 14.8 Å². The zero-order valence-electron chi connectivity index (χ0n) is 15.8. The Kier molecular flexibility index (Phi) is 6.22. The molecule has 2 N–H and O–H groups in total. The summed E-state index contributed by atoms with van der Waals surface area (Å²) in [7, 11) is -2.56. The highest BCUT2D eigenvalue weighted by molar-refractivity contribution is 7.89. The van der Waals surface area contributed by atoms with Gasteiger partial charge in [-0.25, -0.2) is 13.1 Å². The third-order valence-electron chi connectivity index (χ3n) is 4.11. The Bertz CT molecular complexity index is 1040. The molecule has 3 rings (SSSR count). The maximum atomic E-state index is 12.6. The molecule has 1 aliphatic rings. The zero-order valence-corrected chi connectivity index (χ0v) is 16.6. The van der Waals surface area contributed by atoms with E-state index in [0.29, 0.717) is 0 Å². The fraction of sp³-hybridized carbons (Fsp3) is 0.316. The van der Waals surface area contributed by atoms with Crippen LogP contribution in [0.4, 0.5) is 18.9 Å². The van der Waals surface area contributed by atoms with Crippen molar-refractivity contribution in [2.24, 2.45) is 0 Å². The number of carbonyl (C=O) groups is 1. The molecule has 0 atom stereocenters. The highest BCUT2D eigenvalue weighted by Crippen LogP contribution is 2.29. The maximum absolute atomic E-state index is 12.6. The minimum Gasteiger partial charge on any atom is -0.495 e. The van der Waals surface area contributed by atoms with E-state index in [9.17, 15) is 26.4 Å². The standard InChI is InChI=1S/C19H19F3N2O5S/c1-28-16-8-5-12(9-17(16)30(26,27)24-13-6-7-13)18(25)23-14-3-2-4-15(10-14)29-11-19(20,21)22/h2-5,8-10,13,24H,6-7,11H2,1H3,(H,23,25). The van der Waals surface area contributed by atoms with Crippen LogP contribution in [0.3, 0.4) is 0 Å². The molecule has 2 aromatic carbocycles. The number of ether oxygens (including phenoxy) is 2. The van der Waals surface area contributed by atoms with Gasteiger partial charge in [0.25, 0.3) is 5.91 Å². The molecule has 30 heavy (non-hydrogen) atoms. The number of nitrogens with one attached hydrogen (secondary N) is 2. The normalized spacial score (nSPS) is 14.3. The van der Waals surface area contributed by atoms with Gasteiger partial charge >= 0.3 is 6.18 Å². The monoisotopic (exact) mass is 444 g/mol. The first kappa shape index (κ1) is 21.9. The van der Waals surface area contributed by atoms with Gasteiger partial charge in [0.2, 0.25) is 10.0 Å². The second kappa shape index (κ2) is 8.52. The molecule has 162 valence electrons. The molecule has 11 heteroatoms. The third kappa shape index (κ3) is 5.86. The first-order valence-corrected chi connectivity index (χ1v) is 10.4. The molecular formula is C19H19F3N2O5S. The molecule has 0 unspecified atom stereocenters. The van der Waals surface area contributed by atoms with Gasteiger partial charge in [0.15, 0.2) is 6.61 Å². The third-order valence-corrected chi connectivity index (χ3v) is 5.65. The van der Waals surface area contributed by atoms with Crippen LogP contribution in [0.2, 0.25) is 0 Å². The summed E-state index contributed by atoms with van der Waals surface area (Å²) in [6.07, 6.45) is -3.00. The van der Waals surface area contributed by atoms with Gasteiger partial charge in [0, 0.05) is 23.4 Å². The molecular weight excluding hydrogens is 425 g/mol. The highest BCUT2D eigenvalue weighted by Gasteiger charge is 2.30. The fourth-order valence-corrected chi connectivity index (χ4v) is 4.04. The molecule has 1 aliphatic carbocycles. The lowest BCUT2D eigenvalue weighted by atomic mass is 10.2. The smallest absolute Gasteiger partial charge is 0.422 e. The van der Waals surface area contributed by atoms with Crippen molar-refractivity contribution in [3.63, 3.8) is 0 Å². The van der Waals surface area contributed by atoms with Gasteiger partial charge in [-0.05, 0) is 43.2 Å². The molecule has 0 spiro atoms. The number of sulfonamides is 1. The van der Waals surface area contributed by atoms with Gasteiger partial charge in [-0.2, -0.15) is 13.2 Å². The van der Waals surface area contributed by atoms with Crippen LogP contribution in [-0.2, 0) is 10.0 Å². The van der Waals surface area contributed by atoms with E-state index in [4.69, 9.17) is 4.74 Å². The van der Waals surface area contributed by atoms with Crippen molar-refractivity contribution in [2.45, 2.75) is 30.0 Å². The van der Waals surface area contributed by atoms with E-state index in [1.165, 1.54) is 49.6 Å². The number of alkyl halides is 3. The van der Waals surface area contributed by atoms with E-state index in [2.05, 4.69) is 14.8 Å². The van der Waals surface area contributed by atoms with E-state index >= 15 is 0 Å². The lowest BCUT2D eigenvalue weighted by molar-refractivity contribution is -0.153. The maximum Gasteiger partial charge on any atom is 0.422 e. The van der Waals surface area contributed by atoms with E-state index < -0.39 is 28.7 Å². The molecule has 1 amide bonds. The van der Waals surface area contributed by atoms with E-state index in [0.717, 1.165) is 12.8 Å². The first-order valence-electron chi connectivity index (χ1n) is 8.89. The largest absolute Gasteiger partial charge is 0.495 e. The molecule has 2 aromatic rings. The molecule has 0 aliphatic heterocycles. The van der Waals surface area contributed by atoms with E-state index in [-0.39, 0.29) is 33.7 Å². The van der Waals surface area contributed by atoms with Gasteiger partial charge in [-0.15, -0.1) is 0 Å². The van der Waals surface area contributed by atoms with E-state index in [1.807, 2.05) is 0 Å². The number of anilines is 1. The zero-order chi connectivity index (χ0) is 21.9. The van der Waals surface area contributed by atoms with Crippen molar-refractivity contribution >= 4 is 21.6 Å². The predicted octanol–water partition coefficient (Wildman–Crippen LogP) is 3.33. The average molecular weight is 444 g/mol. The molecule has 0 saturated heterocycles. The summed E-state index contributed by atoms with van der Waals surface area (Å²) in [4.78, 5) is 12.4. The molecule has 7 nitrogen and oxygen atoms in total. The minimum atomic E-state index is -4.49. The number of methoxy groups -OCH3 is 1. The number of amides is 1. The number of benzene rings is 2. The Morgan fingerprint density at radius 3 is 2.53 bits per heavy atom. The van der Waals surface area contributed by atoms with Gasteiger partial charge in [-0.3, -0.25) is 4.79 Å². The molecule has 0 radical (unpaired) electrons. The van der Waals surface area contributed by atoms with Crippen LogP contribution in [0.1, 0.15) is 23.2 Å². The second-order valence-electron chi connectivity index (χ2n) is 6.65. The quantitative estimate of drug-likeness (QED) is 0.652. The fourth-order valence-electron chi connectivity index (χ4n) is 2.54. The van der Waals surface area contributed by atoms with Crippen LogP contribution < -0.4 is 19.5 Å². The highest BCUT2D eigenvalue weighted by atomic mass is 32.2. The number of hydrogen-bond acceptors (Lipinski definition) is 5. The molecule has 1 saturated carbocycles. The topological polar surface area (TPSA) is 93.7 Å². The van der Waals surface area contributed by atoms with Crippen LogP contribution in [0, 0.1) is 0 Å². The second-order valence-corrected chi connectivity index (χ2v) is 8.33. The summed E-state index contributed by atoms with van der Waals surface area (Å²) in [5.74, 6) is -0.632. The Morgan fingerprint density at radius 1 is 1.17 bits per heavy atom. The van der Waals surface area contributed by atoms with E-state index in [1.54, 1.807) is 0 Å². The number of hydrogen-bond donors (Lipinski definition) is 2. The Labute approximate surface area is 171 Å². The predicted molar refractivity (Wildman–Crippen MR) is 102 cm³/mol. The summed E-state index contributed by atoms with van der Waals surface area (Å²) in [5.41, 5.74) is 0.226. The van der Waals surface area contributed by atoms with Crippen molar-refractivity contribution < 1.29 is 35.9 Å². The molecule has 0 aromatic heterocycles. The first-order chi connectivity index (χ1) is 14.1. The number of rotatable bonds is 8. The van der Waals surface area contributed by atoms with Crippen molar-refractivity contribution in [1.29, 1.82) is 0 Å². The Hall–Kier alpha value is -2.79. The van der Waals surface area contributed by atoms with Crippen LogP contribution in [0.15, 0.2) is 47.4 Å². The minimum absolute atomic E-state index is 0.0357. The van der Waals surface area contributed by atoms with Gasteiger partial charge in [0.1, 0.15) is 16.4 Å². The molecule has 0 heterocycles. The number of carbonyl (C=O) groups excluding carboxylic acids is 1. The summed E-state index contributed by atoms with van der Waals surface area (Å²) in [6, 6.07) is 9.24. The van der Waals surface area contributed by atoms with Crippen LogP contribution in [0.25, 0.3) is 0 Å². The molecule has 0 bridgehead atoms. The van der Waals surface area contributed by atoms with Crippen LogP contribution in [-0.4, -0.2) is 40.3 Å². The summed E-state index contributed by atoms with van der Waals surface area (Å²) < 4.78 is 74.3. The Morgan fingerprint density at radius 2 is 1.90 bits per heavy atom. The SMILES string of the molecule is COc1ccc(C(=O)Nc2cccc(OCC(F)(F)F)c2)cc1S(=O)(=O)NC1CC1. The summed E-state index contributed by atoms with van der Waals surface area (Å²) in [5, 5.41) is 2.51. The lowest BCUT2D eigenvalue weighted by Crippen LogP contribution is -2.26. The Balaban J connectivity index is 1.78.